The minimum absolute atomic E-state index is 0.00145. The number of aryl methyl sites for hydroxylation is 1. The average Bonchev–Trinajstić information content (AvgIpc) is 2.67. The molecule has 0 radical (unpaired) electrons. The Morgan fingerprint density at radius 2 is 2.00 bits per heavy atom. The maximum atomic E-state index is 12.0. The third-order valence-electron chi connectivity index (χ3n) is 4.93. The van der Waals surface area contributed by atoms with Crippen molar-refractivity contribution in [2.24, 2.45) is 5.92 Å². The highest BCUT2D eigenvalue weighted by Crippen LogP contribution is 2.25. The Morgan fingerprint density at radius 3 is 2.68 bits per heavy atom. The van der Waals surface area contributed by atoms with Gasteiger partial charge in [0, 0.05) is 33.4 Å². The Kier molecular flexibility index (Phi) is 5.69. The number of amides is 1. The molecule has 0 unspecified atom stereocenters. The molecule has 1 saturated heterocycles. The van der Waals surface area contributed by atoms with Crippen molar-refractivity contribution >= 4 is 11.7 Å². The number of carbonyl (C=O) groups excluding carboxylic acids is 1. The van der Waals surface area contributed by atoms with Crippen LogP contribution in [0.4, 0.5) is 5.82 Å². The Balaban J connectivity index is 1.58. The predicted molar refractivity (Wildman–Crippen MR) is 102 cm³/mol. The lowest BCUT2D eigenvalue weighted by Crippen LogP contribution is -2.36. The number of rotatable bonds is 5. The normalized spacial score (nSPS) is 17.4. The van der Waals surface area contributed by atoms with Gasteiger partial charge in [0.2, 0.25) is 0 Å². The molecule has 2 aromatic rings. The summed E-state index contributed by atoms with van der Waals surface area (Å²) in [5.41, 5.74) is 2.07. The van der Waals surface area contributed by atoms with E-state index in [1.807, 2.05) is 12.1 Å². The second-order valence-electron chi connectivity index (χ2n) is 7.08. The van der Waals surface area contributed by atoms with E-state index in [-0.39, 0.29) is 5.91 Å². The minimum atomic E-state index is -0.00145. The Labute approximate surface area is 150 Å². The van der Waals surface area contributed by atoms with Crippen molar-refractivity contribution in [2.45, 2.75) is 25.7 Å². The second kappa shape index (κ2) is 8.15. The summed E-state index contributed by atoms with van der Waals surface area (Å²) in [6.45, 7) is 2.11. The van der Waals surface area contributed by atoms with Crippen molar-refractivity contribution in [3.63, 3.8) is 0 Å². The molecular weight excluding hydrogens is 310 g/mol. The number of anilines is 1. The smallest absolute Gasteiger partial charge is 0.254 e. The van der Waals surface area contributed by atoms with E-state index in [9.17, 15) is 4.79 Å². The Bertz CT molecular complexity index is 682. The largest absolute Gasteiger partial charge is 0.356 e. The summed E-state index contributed by atoms with van der Waals surface area (Å²) in [5, 5.41) is 0. The van der Waals surface area contributed by atoms with E-state index in [0.29, 0.717) is 11.5 Å². The van der Waals surface area contributed by atoms with Crippen molar-refractivity contribution in [1.29, 1.82) is 0 Å². The zero-order chi connectivity index (χ0) is 17.6. The molecule has 1 aromatic heterocycles. The lowest BCUT2D eigenvalue weighted by Gasteiger charge is -2.33. The van der Waals surface area contributed by atoms with Crippen molar-refractivity contribution < 1.29 is 4.79 Å². The highest BCUT2D eigenvalue weighted by Gasteiger charge is 2.21. The molecule has 4 nitrogen and oxygen atoms in total. The first-order valence-corrected chi connectivity index (χ1v) is 9.10. The van der Waals surface area contributed by atoms with Crippen molar-refractivity contribution in [1.82, 2.24) is 9.88 Å². The first kappa shape index (κ1) is 17.5. The van der Waals surface area contributed by atoms with Gasteiger partial charge >= 0.3 is 0 Å². The molecule has 132 valence electrons. The fourth-order valence-corrected chi connectivity index (χ4v) is 3.48. The molecule has 0 spiro atoms. The van der Waals surface area contributed by atoms with Gasteiger partial charge in [0.15, 0.2) is 0 Å². The van der Waals surface area contributed by atoms with Crippen LogP contribution in [-0.4, -0.2) is 43.0 Å². The van der Waals surface area contributed by atoms with Gasteiger partial charge in [-0.1, -0.05) is 30.3 Å². The van der Waals surface area contributed by atoms with E-state index in [2.05, 4.69) is 40.2 Å². The maximum absolute atomic E-state index is 12.0. The zero-order valence-electron chi connectivity index (χ0n) is 15.2. The molecule has 0 bridgehead atoms. The number of hydrogen-bond donors (Lipinski definition) is 0. The number of nitrogens with zero attached hydrogens (tertiary/aromatic N) is 3. The second-order valence-corrected chi connectivity index (χ2v) is 7.08. The van der Waals surface area contributed by atoms with E-state index in [1.54, 1.807) is 25.2 Å². The van der Waals surface area contributed by atoms with Crippen molar-refractivity contribution in [2.75, 3.05) is 32.1 Å². The molecule has 1 fully saturated rings. The minimum Gasteiger partial charge on any atom is -0.356 e. The summed E-state index contributed by atoms with van der Waals surface area (Å²) in [6.07, 6.45) is 6.56. The van der Waals surface area contributed by atoms with Crippen LogP contribution in [0.25, 0.3) is 0 Å². The molecule has 3 rings (SSSR count). The van der Waals surface area contributed by atoms with Crippen LogP contribution >= 0.6 is 0 Å². The fraction of sp³-hybridized carbons (Fsp3) is 0.429. The quantitative estimate of drug-likeness (QED) is 0.836. The molecular formula is C21H27N3O. The van der Waals surface area contributed by atoms with Crippen molar-refractivity contribution in [3.8, 4) is 0 Å². The van der Waals surface area contributed by atoms with Crippen molar-refractivity contribution in [3.05, 3.63) is 59.8 Å². The molecule has 1 aromatic carbocycles. The first-order valence-electron chi connectivity index (χ1n) is 9.10. The molecule has 1 atom stereocenters. The standard InChI is InChI=1S/C21H27N3O/c1-23(2)21(25)19-12-13-20(22-15-19)24-14-6-9-18(16-24)11-10-17-7-4-3-5-8-17/h3-5,7-8,12-13,15,18H,6,9-11,14,16H2,1-2H3/t18-/m0/s1. The van der Waals surface area contributed by atoms with Gasteiger partial charge in [-0.25, -0.2) is 4.98 Å². The highest BCUT2D eigenvalue weighted by atomic mass is 16.2. The molecule has 1 amide bonds. The third-order valence-corrected chi connectivity index (χ3v) is 4.93. The van der Waals surface area contributed by atoms with Crippen LogP contribution in [0.2, 0.25) is 0 Å². The Morgan fingerprint density at radius 1 is 1.20 bits per heavy atom. The first-order chi connectivity index (χ1) is 12.1. The molecule has 25 heavy (non-hydrogen) atoms. The molecule has 1 aliphatic rings. The predicted octanol–water partition coefficient (Wildman–Crippen LogP) is 3.63. The Hall–Kier alpha value is -2.36. The van der Waals surface area contributed by atoms with Gasteiger partial charge in [0.05, 0.1) is 5.56 Å². The summed E-state index contributed by atoms with van der Waals surface area (Å²) >= 11 is 0. The van der Waals surface area contributed by atoms with Crippen LogP contribution < -0.4 is 4.90 Å². The van der Waals surface area contributed by atoms with Gasteiger partial charge in [-0.3, -0.25) is 4.79 Å². The van der Waals surface area contributed by atoms with Gasteiger partial charge in [-0.2, -0.15) is 0 Å². The topological polar surface area (TPSA) is 36.4 Å². The van der Waals surface area contributed by atoms with Crippen LogP contribution in [0, 0.1) is 5.92 Å². The van der Waals surface area contributed by atoms with Crippen LogP contribution in [0.5, 0.6) is 0 Å². The third kappa shape index (κ3) is 4.59. The molecule has 0 aliphatic carbocycles. The van der Waals surface area contributed by atoms with Gasteiger partial charge in [-0.05, 0) is 49.3 Å². The molecule has 1 aliphatic heterocycles. The van der Waals surface area contributed by atoms with E-state index in [4.69, 9.17) is 0 Å². The van der Waals surface area contributed by atoms with E-state index < -0.39 is 0 Å². The summed E-state index contributed by atoms with van der Waals surface area (Å²) in [4.78, 5) is 20.5. The van der Waals surface area contributed by atoms with E-state index in [1.165, 1.54) is 24.8 Å². The van der Waals surface area contributed by atoms with Gasteiger partial charge < -0.3 is 9.80 Å². The number of piperidine rings is 1. The lowest BCUT2D eigenvalue weighted by atomic mass is 9.91. The van der Waals surface area contributed by atoms with Crippen LogP contribution in [-0.2, 0) is 6.42 Å². The summed E-state index contributed by atoms with van der Waals surface area (Å²) in [7, 11) is 3.52. The summed E-state index contributed by atoms with van der Waals surface area (Å²) in [6, 6.07) is 14.6. The SMILES string of the molecule is CN(C)C(=O)c1ccc(N2CCC[C@@H](CCc3ccccc3)C2)nc1. The summed E-state index contributed by atoms with van der Waals surface area (Å²) in [5.74, 6) is 1.69. The summed E-state index contributed by atoms with van der Waals surface area (Å²) < 4.78 is 0. The number of benzene rings is 1. The van der Waals surface area contributed by atoms with Gasteiger partial charge in [0.1, 0.15) is 5.82 Å². The van der Waals surface area contributed by atoms with Crippen LogP contribution in [0.15, 0.2) is 48.7 Å². The molecule has 0 saturated carbocycles. The van der Waals surface area contributed by atoms with E-state index >= 15 is 0 Å². The molecule has 4 heteroatoms. The fourth-order valence-electron chi connectivity index (χ4n) is 3.48. The zero-order valence-corrected chi connectivity index (χ0v) is 15.2. The van der Waals surface area contributed by atoms with Gasteiger partial charge in [-0.15, -0.1) is 0 Å². The molecule has 0 N–H and O–H groups in total. The number of carbonyl (C=O) groups is 1. The van der Waals surface area contributed by atoms with Crippen LogP contribution in [0.3, 0.4) is 0 Å². The van der Waals surface area contributed by atoms with Gasteiger partial charge in [0.25, 0.3) is 5.91 Å². The molecule has 2 heterocycles. The van der Waals surface area contributed by atoms with E-state index in [0.717, 1.165) is 25.3 Å². The highest BCUT2D eigenvalue weighted by molar-refractivity contribution is 5.93. The number of aromatic nitrogens is 1. The maximum Gasteiger partial charge on any atom is 0.254 e. The number of hydrogen-bond acceptors (Lipinski definition) is 3. The monoisotopic (exact) mass is 337 g/mol. The van der Waals surface area contributed by atoms with Crippen LogP contribution in [0.1, 0.15) is 35.2 Å². The average molecular weight is 337 g/mol. The lowest BCUT2D eigenvalue weighted by molar-refractivity contribution is 0.0827. The number of pyridine rings is 1.